The molecule has 0 atom stereocenters. The van der Waals surface area contributed by atoms with E-state index in [9.17, 15) is 4.79 Å². The van der Waals surface area contributed by atoms with E-state index in [1.54, 1.807) is 0 Å². The Bertz CT molecular complexity index is 466. The molecule has 0 saturated carbocycles. The van der Waals surface area contributed by atoms with Crippen molar-refractivity contribution < 1.29 is 4.79 Å². The van der Waals surface area contributed by atoms with Crippen molar-refractivity contribution in [1.29, 1.82) is 0 Å². The molecule has 1 aromatic carbocycles. The van der Waals surface area contributed by atoms with Gasteiger partial charge in [0.15, 0.2) is 0 Å². The summed E-state index contributed by atoms with van der Waals surface area (Å²) in [5.74, 6) is -0.0565. The van der Waals surface area contributed by atoms with Crippen LogP contribution in [-0.4, -0.2) is 5.91 Å². The van der Waals surface area contributed by atoms with Gasteiger partial charge in [0.25, 0.3) is 5.91 Å². The standard InChI is InChI=1S/C16H21NO/c1-5-12(2)6-9-14(4)16(18)17-15-10-7-13(3)8-11-15/h6-11H,5H2,1-4H3,(H,17,18)/b12-6+,14-9+. The lowest BCUT2D eigenvalue weighted by atomic mass is 10.1. The summed E-state index contributed by atoms with van der Waals surface area (Å²) in [6, 6.07) is 7.78. The first-order valence-corrected chi connectivity index (χ1v) is 6.25. The summed E-state index contributed by atoms with van der Waals surface area (Å²) in [6.07, 6.45) is 4.86. The van der Waals surface area contributed by atoms with Gasteiger partial charge in [0.05, 0.1) is 0 Å². The molecular formula is C16H21NO. The first kappa shape index (κ1) is 14.2. The predicted octanol–water partition coefficient (Wildman–Crippen LogP) is 4.24. The van der Waals surface area contributed by atoms with Crippen molar-refractivity contribution in [3.05, 3.63) is 53.1 Å². The molecule has 1 amide bonds. The van der Waals surface area contributed by atoms with E-state index in [1.807, 2.05) is 50.3 Å². The van der Waals surface area contributed by atoms with Crippen molar-refractivity contribution in [3.63, 3.8) is 0 Å². The van der Waals surface area contributed by atoms with Crippen LogP contribution >= 0.6 is 0 Å². The van der Waals surface area contributed by atoms with Gasteiger partial charge in [-0.1, -0.05) is 42.3 Å². The molecule has 2 nitrogen and oxygen atoms in total. The van der Waals surface area contributed by atoms with Gasteiger partial charge < -0.3 is 5.32 Å². The van der Waals surface area contributed by atoms with E-state index < -0.39 is 0 Å². The third-order valence-corrected chi connectivity index (χ3v) is 2.84. The quantitative estimate of drug-likeness (QED) is 0.622. The van der Waals surface area contributed by atoms with Crippen molar-refractivity contribution >= 4 is 11.6 Å². The van der Waals surface area contributed by atoms with E-state index in [0.717, 1.165) is 12.1 Å². The lowest BCUT2D eigenvalue weighted by molar-refractivity contribution is -0.112. The number of hydrogen-bond donors (Lipinski definition) is 1. The highest BCUT2D eigenvalue weighted by Gasteiger charge is 2.03. The van der Waals surface area contributed by atoms with Gasteiger partial charge in [-0.3, -0.25) is 4.79 Å². The fraction of sp³-hybridized carbons (Fsp3) is 0.312. The molecule has 1 rings (SSSR count). The van der Waals surface area contributed by atoms with E-state index in [4.69, 9.17) is 0 Å². The second-order valence-corrected chi connectivity index (χ2v) is 4.54. The minimum absolute atomic E-state index is 0.0565. The molecule has 0 fully saturated rings. The van der Waals surface area contributed by atoms with Crippen LogP contribution in [0.15, 0.2) is 47.6 Å². The third-order valence-electron chi connectivity index (χ3n) is 2.84. The zero-order chi connectivity index (χ0) is 13.5. The fourth-order valence-electron chi connectivity index (χ4n) is 1.33. The summed E-state index contributed by atoms with van der Waals surface area (Å²) in [7, 11) is 0. The maximum atomic E-state index is 11.9. The average molecular weight is 243 g/mol. The van der Waals surface area contributed by atoms with E-state index in [2.05, 4.69) is 19.2 Å². The number of anilines is 1. The van der Waals surface area contributed by atoms with Gasteiger partial charge in [-0.2, -0.15) is 0 Å². The summed E-state index contributed by atoms with van der Waals surface area (Å²) in [5, 5.41) is 2.87. The molecule has 0 saturated heterocycles. The molecule has 1 N–H and O–H groups in total. The van der Waals surface area contributed by atoms with Crippen LogP contribution in [0.5, 0.6) is 0 Å². The fourth-order valence-corrected chi connectivity index (χ4v) is 1.33. The molecule has 18 heavy (non-hydrogen) atoms. The number of aryl methyl sites for hydroxylation is 1. The minimum atomic E-state index is -0.0565. The summed E-state index contributed by atoms with van der Waals surface area (Å²) in [4.78, 5) is 11.9. The highest BCUT2D eigenvalue weighted by atomic mass is 16.1. The first-order chi connectivity index (χ1) is 8.52. The zero-order valence-corrected chi connectivity index (χ0v) is 11.6. The number of amides is 1. The molecule has 0 aliphatic heterocycles. The number of rotatable bonds is 4. The Morgan fingerprint density at radius 2 is 1.78 bits per heavy atom. The number of hydrogen-bond acceptors (Lipinski definition) is 1. The van der Waals surface area contributed by atoms with Crippen LogP contribution in [0.4, 0.5) is 5.69 Å². The molecule has 0 spiro atoms. The van der Waals surface area contributed by atoms with E-state index in [0.29, 0.717) is 5.57 Å². The molecule has 1 aromatic rings. The van der Waals surface area contributed by atoms with Crippen LogP contribution in [0.2, 0.25) is 0 Å². The maximum absolute atomic E-state index is 11.9. The molecule has 0 unspecified atom stereocenters. The molecule has 0 heterocycles. The highest BCUT2D eigenvalue weighted by molar-refractivity contribution is 6.03. The SMILES string of the molecule is CC/C(C)=C/C=C(\C)C(=O)Nc1ccc(C)cc1. The van der Waals surface area contributed by atoms with Crippen LogP contribution in [0.3, 0.4) is 0 Å². The second-order valence-electron chi connectivity index (χ2n) is 4.54. The Balaban J connectivity index is 2.68. The molecule has 0 aromatic heterocycles. The molecule has 0 aliphatic rings. The van der Waals surface area contributed by atoms with Gasteiger partial charge in [-0.25, -0.2) is 0 Å². The topological polar surface area (TPSA) is 29.1 Å². The number of nitrogens with one attached hydrogen (secondary N) is 1. The van der Waals surface area contributed by atoms with Crippen molar-refractivity contribution in [2.75, 3.05) is 5.32 Å². The van der Waals surface area contributed by atoms with Gasteiger partial charge in [0.2, 0.25) is 0 Å². The van der Waals surface area contributed by atoms with Gasteiger partial charge >= 0.3 is 0 Å². The van der Waals surface area contributed by atoms with Crippen molar-refractivity contribution in [2.45, 2.75) is 34.1 Å². The Morgan fingerprint density at radius 3 is 2.33 bits per heavy atom. The Labute approximate surface area is 109 Å². The largest absolute Gasteiger partial charge is 0.322 e. The minimum Gasteiger partial charge on any atom is -0.322 e. The van der Waals surface area contributed by atoms with Gasteiger partial charge in [0, 0.05) is 11.3 Å². The number of allylic oxidation sites excluding steroid dienone is 3. The second kappa shape index (κ2) is 6.80. The summed E-state index contributed by atoms with van der Waals surface area (Å²) < 4.78 is 0. The predicted molar refractivity (Wildman–Crippen MR) is 77.6 cm³/mol. The van der Waals surface area contributed by atoms with Crippen molar-refractivity contribution in [3.8, 4) is 0 Å². The van der Waals surface area contributed by atoms with Gasteiger partial charge in [-0.15, -0.1) is 0 Å². The van der Waals surface area contributed by atoms with E-state index >= 15 is 0 Å². The van der Waals surface area contributed by atoms with Gasteiger partial charge in [-0.05, 0) is 39.3 Å². The normalized spacial score (nSPS) is 12.4. The van der Waals surface area contributed by atoms with Crippen LogP contribution in [-0.2, 0) is 4.79 Å². The lowest BCUT2D eigenvalue weighted by Gasteiger charge is -2.05. The number of carbonyl (C=O) groups excluding carboxylic acids is 1. The number of carbonyl (C=O) groups is 1. The average Bonchev–Trinajstić information content (AvgIpc) is 2.38. The lowest BCUT2D eigenvalue weighted by Crippen LogP contribution is -2.12. The van der Waals surface area contributed by atoms with Crippen molar-refractivity contribution in [1.82, 2.24) is 0 Å². The zero-order valence-electron chi connectivity index (χ0n) is 11.6. The Hall–Kier alpha value is -1.83. The summed E-state index contributed by atoms with van der Waals surface area (Å²) >= 11 is 0. The van der Waals surface area contributed by atoms with Crippen LogP contribution in [0, 0.1) is 6.92 Å². The molecular weight excluding hydrogens is 222 g/mol. The Kier molecular flexibility index (Phi) is 5.37. The molecule has 0 aliphatic carbocycles. The van der Waals surface area contributed by atoms with Crippen LogP contribution < -0.4 is 5.32 Å². The van der Waals surface area contributed by atoms with Crippen molar-refractivity contribution in [2.24, 2.45) is 0 Å². The maximum Gasteiger partial charge on any atom is 0.251 e. The van der Waals surface area contributed by atoms with Crippen LogP contribution in [0.25, 0.3) is 0 Å². The summed E-state index contributed by atoms with van der Waals surface area (Å²) in [5.41, 5.74) is 3.98. The van der Waals surface area contributed by atoms with Crippen LogP contribution in [0.1, 0.15) is 32.8 Å². The van der Waals surface area contributed by atoms with E-state index in [1.165, 1.54) is 11.1 Å². The molecule has 0 radical (unpaired) electrons. The first-order valence-electron chi connectivity index (χ1n) is 6.25. The summed E-state index contributed by atoms with van der Waals surface area (Å²) in [6.45, 7) is 8.00. The monoisotopic (exact) mass is 243 g/mol. The highest BCUT2D eigenvalue weighted by Crippen LogP contribution is 2.10. The smallest absolute Gasteiger partial charge is 0.251 e. The Morgan fingerprint density at radius 1 is 1.17 bits per heavy atom. The van der Waals surface area contributed by atoms with E-state index in [-0.39, 0.29) is 5.91 Å². The molecule has 2 heteroatoms. The van der Waals surface area contributed by atoms with Gasteiger partial charge in [0.1, 0.15) is 0 Å². The number of benzene rings is 1. The molecule has 96 valence electrons. The third kappa shape index (κ3) is 4.58. The molecule has 0 bridgehead atoms.